The molecule has 1 aromatic heterocycles. The lowest BCUT2D eigenvalue weighted by Crippen LogP contribution is -2.35. The number of alkyl halides is 1. The van der Waals surface area contributed by atoms with Crippen LogP contribution in [0.2, 0.25) is 0 Å². The first-order valence-electron chi connectivity index (χ1n) is 6.01. The molecule has 0 saturated carbocycles. The number of amides is 1. The summed E-state index contributed by atoms with van der Waals surface area (Å²) in [6.45, 7) is 3.99. The summed E-state index contributed by atoms with van der Waals surface area (Å²) >= 11 is 5.75. The molecule has 0 spiro atoms. The van der Waals surface area contributed by atoms with Crippen molar-refractivity contribution < 1.29 is 9.21 Å². The second-order valence-electron chi connectivity index (χ2n) is 4.38. The van der Waals surface area contributed by atoms with Crippen molar-refractivity contribution in [2.75, 3.05) is 5.88 Å². The standard InChI is InChI=1S/C14H16ClNO2/c1-3-11(8-15)16-14(17)13-7-10-6-9(2)4-5-12(10)18-13/h4-7,11H,3,8H2,1-2H3,(H,16,17). The molecule has 1 heterocycles. The Bertz CT molecular complexity index is 558. The third-order valence-electron chi connectivity index (χ3n) is 2.91. The van der Waals surface area contributed by atoms with Gasteiger partial charge in [-0.2, -0.15) is 0 Å². The molecule has 96 valence electrons. The van der Waals surface area contributed by atoms with E-state index in [9.17, 15) is 4.79 Å². The number of carbonyl (C=O) groups is 1. The first-order chi connectivity index (χ1) is 8.63. The van der Waals surface area contributed by atoms with E-state index in [0.29, 0.717) is 11.6 Å². The summed E-state index contributed by atoms with van der Waals surface area (Å²) in [7, 11) is 0. The maximum absolute atomic E-state index is 12.0. The van der Waals surface area contributed by atoms with Crippen LogP contribution in [0.1, 0.15) is 29.5 Å². The molecule has 18 heavy (non-hydrogen) atoms. The fourth-order valence-corrected chi connectivity index (χ4v) is 2.08. The molecule has 0 radical (unpaired) electrons. The van der Waals surface area contributed by atoms with Gasteiger partial charge in [-0.25, -0.2) is 0 Å². The van der Waals surface area contributed by atoms with E-state index >= 15 is 0 Å². The number of benzene rings is 1. The predicted molar refractivity (Wildman–Crippen MR) is 73.2 cm³/mol. The Kier molecular flexibility index (Phi) is 3.92. The van der Waals surface area contributed by atoms with Gasteiger partial charge in [0.25, 0.3) is 5.91 Å². The molecule has 0 aliphatic carbocycles. The van der Waals surface area contributed by atoms with Crippen molar-refractivity contribution in [1.82, 2.24) is 5.32 Å². The van der Waals surface area contributed by atoms with Gasteiger partial charge in [0.05, 0.1) is 0 Å². The summed E-state index contributed by atoms with van der Waals surface area (Å²) in [4.78, 5) is 12.0. The average molecular weight is 266 g/mol. The summed E-state index contributed by atoms with van der Waals surface area (Å²) in [6.07, 6.45) is 0.800. The van der Waals surface area contributed by atoms with Gasteiger partial charge in [-0.15, -0.1) is 11.6 Å². The van der Waals surface area contributed by atoms with Gasteiger partial charge in [0, 0.05) is 17.3 Å². The predicted octanol–water partition coefficient (Wildman–Crippen LogP) is 3.49. The quantitative estimate of drug-likeness (QED) is 0.860. The Balaban J connectivity index is 2.23. The summed E-state index contributed by atoms with van der Waals surface area (Å²) in [5.74, 6) is 0.525. The Hall–Kier alpha value is -1.48. The van der Waals surface area contributed by atoms with Gasteiger partial charge < -0.3 is 9.73 Å². The minimum Gasteiger partial charge on any atom is -0.451 e. The summed E-state index contributed by atoms with van der Waals surface area (Å²) in [6, 6.07) is 7.57. The van der Waals surface area contributed by atoms with E-state index in [4.69, 9.17) is 16.0 Å². The van der Waals surface area contributed by atoms with E-state index in [1.807, 2.05) is 32.0 Å². The second-order valence-corrected chi connectivity index (χ2v) is 4.69. The van der Waals surface area contributed by atoms with E-state index in [1.165, 1.54) is 0 Å². The van der Waals surface area contributed by atoms with Crippen molar-refractivity contribution in [3.05, 3.63) is 35.6 Å². The SMILES string of the molecule is CCC(CCl)NC(=O)c1cc2cc(C)ccc2o1. The van der Waals surface area contributed by atoms with Gasteiger partial charge in [-0.05, 0) is 31.5 Å². The highest BCUT2D eigenvalue weighted by molar-refractivity contribution is 6.18. The average Bonchev–Trinajstić information content (AvgIpc) is 2.78. The Morgan fingerprint density at radius 1 is 1.44 bits per heavy atom. The number of aryl methyl sites for hydroxylation is 1. The topological polar surface area (TPSA) is 42.2 Å². The van der Waals surface area contributed by atoms with E-state index < -0.39 is 0 Å². The fourth-order valence-electron chi connectivity index (χ4n) is 1.78. The first-order valence-corrected chi connectivity index (χ1v) is 6.54. The molecule has 0 saturated heterocycles. The molecule has 4 heteroatoms. The van der Waals surface area contributed by atoms with Gasteiger partial charge in [0.15, 0.2) is 5.76 Å². The van der Waals surface area contributed by atoms with Crippen LogP contribution in [-0.4, -0.2) is 17.8 Å². The highest BCUT2D eigenvalue weighted by Crippen LogP contribution is 2.20. The number of rotatable bonds is 4. The van der Waals surface area contributed by atoms with Crippen LogP contribution in [0.15, 0.2) is 28.7 Å². The largest absolute Gasteiger partial charge is 0.451 e. The zero-order valence-electron chi connectivity index (χ0n) is 10.5. The highest BCUT2D eigenvalue weighted by Gasteiger charge is 2.15. The van der Waals surface area contributed by atoms with Gasteiger partial charge >= 0.3 is 0 Å². The lowest BCUT2D eigenvalue weighted by Gasteiger charge is -2.11. The minimum absolute atomic E-state index is 0.0193. The van der Waals surface area contributed by atoms with E-state index in [0.717, 1.165) is 23.0 Å². The van der Waals surface area contributed by atoms with Crippen LogP contribution in [0.25, 0.3) is 11.0 Å². The molecular weight excluding hydrogens is 250 g/mol. The number of hydrogen-bond acceptors (Lipinski definition) is 2. The third-order valence-corrected chi connectivity index (χ3v) is 3.28. The summed E-state index contributed by atoms with van der Waals surface area (Å²) in [5.41, 5.74) is 1.87. The molecule has 1 aromatic carbocycles. The van der Waals surface area contributed by atoms with Crippen LogP contribution in [0.3, 0.4) is 0 Å². The van der Waals surface area contributed by atoms with Crippen LogP contribution in [0.5, 0.6) is 0 Å². The molecule has 2 aromatic rings. The monoisotopic (exact) mass is 265 g/mol. The lowest BCUT2D eigenvalue weighted by atomic mass is 10.2. The summed E-state index contributed by atoms with van der Waals surface area (Å²) in [5, 5.41) is 3.79. The van der Waals surface area contributed by atoms with Crippen LogP contribution in [-0.2, 0) is 0 Å². The molecule has 0 fully saturated rings. The smallest absolute Gasteiger partial charge is 0.287 e. The third kappa shape index (κ3) is 2.67. The maximum Gasteiger partial charge on any atom is 0.287 e. The number of furan rings is 1. The number of halogens is 1. The molecule has 0 aliphatic heterocycles. The molecule has 2 rings (SSSR count). The van der Waals surface area contributed by atoms with Crippen LogP contribution in [0, 0.1) is 6.92 Å². The number of nitrogens with one attached hydrogen (secondary N) is 1. The molecule has 3 nitrogen and oxygen atoms in total. The molecule has 0 aliphatic rings. The maximum atomic E-state index is 12.0. The molecular formula is C14H16ClNO2. The van der Waals surface area contributed by atoms with Crippen molar-refractivity contribution in [2.24, 2.45) is 0 Å². The fraction of sp³-hybridized carbons (Fsp3) is 0.357. The van der Waals surface area contributed by atoms with E-state index in [-0.39, 0.29) is 11.9 Å². The molecule has 0 bridgehead atoms. The highest BCUT2D eigenvalue weighted by atomic mass is 35.5. The zero-order chi connectivity index (χ0) is 13.1. The van der Waals surface area contributed by atoms with Gasteiger partial charge in [0.2, 0.25) is 0 Å². The Morgan fingerprint density at radius 3 is 2.89 bits per heavy atom. The van der Waals surface area contributed by atoms with Crippen molar-refractivity contribution in [1.29, 1.82) is 0 Å². The van der Waals surface area contributed by atoms with Gasteiger partial charge in [-0.1, -0.05) is 18.6 Å². The molecule has 1 N–H and O–H groups in total. The van der Waals surface area contributed by atoms with Crippen molar-refractivity contribution >= 4 is 28.5 Å². The van der Waals surface area contributed by atoms with Crippen LogP contribution in [0.4, 0.5) is 0 Å². The Morgan fingerprint density at radius 2 is 2.22 bits per heavy atom. The van der Waals surface area contributed by atoms with E-state index in [1.54, 1.807) is 6.07 Å². The molecule has 1 unspecified atom stereocenters. The molecule has 1 atom stereocenters. The number of hydrogen-bond donors (Lipinski definition) is 1. The summed E-state index contributed by atoms with van der Waals surface area (Å²) < 4.78 is 5.52. The van der Waals surface area contributed by atoms with Crippen LogP contribution >= 0.6 is 11.6 Å². The Labute approximate surface area is 111 Å². The first kappa shape index (κ1) is 13.0. The molecule has 1 amide bonds. The van der Waals surface area contributed by atoms with E-state index in [2.05, 4.69) is 5.32 Å². The number of carbonyl (C=O) groups excluding carboxylic acids is 1. The van der Waals surface area contributed by atoms with Gasteiger partial charge in [0.1, 0.15) is 5.58 Å². The van der Waals surface area contributed by atoms with Crippen molar-refractivity contribution in [3.8, 4) is 0 Å². The lowest BCUT2D eigenvalue weighted by molar-refractivity contribution is 0.0914. The second kappa shape index (κ2) is 5.44. The van der Waals surface area contributed by atoms with Gasteiger partial charge in [-0.3, -0.25) is 4.79 Å². The minimum atomic E-state index is -0.212. The number of fused-ring (bicyclic) bond motifs is 1. The van der Waals surface area contributed by atoms with Crippen molar-refractivity contribution in [2.45, 2.75) is 26.3 Å². The van der Waals surface area contributed by atoms with Crippen LogP contribution < -0.4 is 5.32 Å². The van der Waals surface area contributed by atoms with Crippen molar-refractivity contribution in [3.63, 3.8) is 0 Å². The zero-order valence-corrected chi connectivity index (χ0v) is 11.3. The normalized spacial score (nSPS) is 12.6.